The fraction of sp³-hybridized carbons (Fsp3) is 0.636. The van der Waals surface area contributed by atoms with Gasteiger partial charge in [-0.15, -0.1) is 6.42 Å². The van der Waals surface area contributed by atoms with Crippen molar-refractivity contribution in [3.05, 3.63) is 0 Å². The van der Waals surface area contributed by atoms with Crippen LogP contribution in [0.4, 0.5) is 0 Å². The van der Waals surface area contributed by atoms with E-state index in [4.69, 9.17) is 15.9 Å². The van der Waals surface area contributed by atoms with Gasteiger partial charge in [-0.1, -0.05) is 5.92 Å². The average Bonchev–Trinajstić information content (AvgIpc) is 2.57. The van der Waals surface area contributed by atoms with Crippen LogP contribution in [0.1, 0.15) is 13.8 Å². The minimum absolute atomic E-state index is 0.134. The smallest absolute Gasteiger partial charge is 0.293 e. The molecule has 16 heavy (non-hydrogen) atoms. The van der Waals surface area contributed by atoms with E-state index in [9.17, 15) is 9.59 Å². The van der Waals surface area contributed by atoms with Crippen molar-refractivity contribution in [1.29, 1.82) is 0 Å². The van der Waals surface area contributed by atoms with Gasteiger partial charge in [0, 0.05) is 0 Å². The highest BCUT2D eigenvalue weighted by molar-refractivity contribution is 6.44. The molecule has 5 heteroatoms. The van der Waals surface area contributed by atoms with Gasteiger partial charge in [0.2, 0.25) is 5.78 Å². The number of rotatable bonds is 2. The molecule has 0 aromatic carbocycles. The molecule has 0 aromatic heterocycles. The molecule has 2 heterocycles. The number of carbonyl (C=O) groups is 2. The molecule has 2 atom stereocenters. The van der Waals surface area contributed by atoms with Crippen molar-refractivity contribution >= 4 is 11.7 Å². The van der Waals surface area contributed by atoms with Crippen LogP contribution in [0.15, 0.2) is 0 Å². The van der Waals surface area contributed by atoms with Gasteiger partial charge in [-0.25, -0.2) is 0 Å². The van der Waals surface area contributed by atoms with Crippen molar-refractivity contribution in [2.75, 3.05) is 13.2 Å². The van der Waals surface area contributed by atoms with Crippen LogP contribution < -0.4 is 0 Å². The monoisotopic (exact) mass is 223 g/mol. The number of terminal acetylenes is 1. The van der Waals surface area contributed by atoms with Crippen LogP contribution in [-0.4, -0.2) is 47.7 Å². The van der Waals surface area contributed by atoms with Gasteiger partial charge in [0.1, 0.15) is 12.1 Å². The number of amides is 1. The maximum atomic E-state index is 11.4. The Labute approximate surface area is 93.7 Å². The maximum absolute atomic E-state index is 11.4. The molecular weight excluding hydrogens is 210 g/mol. The molecule has 0 unspecified atom stereocenters. The highest BCUT2D eigenvalue weighted by Crippen LogP contribution is 2.30. The SMILES string of the molecule is C#CCN1C(=O)C(=O)[C@@H]1[C@H]1COC(C)(C)O1. The van der Waals surface area contributed by atoms with E-state index >= 15 is 0 Å². The largest absolute Gasteiger partial charge is 0.348 e. The van der Waals surface area contributed by atoms with Crippen molar-refractivity contribution in [2.45, 2.75) is 31.8 Å². The number of ether oxygens (including phenoxy) is 2. The second-order valence-electron chi connectivity index (χ2n) is 4.31. The summed E-state index contributed by atoms with van der Waals surface area (Å²) in [6, 6.07) is -0.578. The zero-order chi connectivity index (χ0) is 11.9. The Kier molecular flexibility index (Phi) is 2.49. The zero-order valence-corrected chi connectivity index (χ0v) is 9.23. The van der Waals surface area contributed by atoms with Crippen LogP contribution in [0.3, 0.4) is 0 Å². The molecule has 2 aliphatic heterocycles. The Morgan fingerprint density at radius 3 is 2.75 bits per heavy atom. The molecule has 2 saturated heterocycles. The van der Waals surface area contributed by atoms with Crippen LogP contribution in [0.25, 0.3) is 0 Å². The summed E-state index contributed by atoms with van der Waals surface area (Å²) in [7, 11) is 0. The molecule has 1 amide bonds. The van der Waals surface area contributed by atoms with E-state index in [1.54, 1.807) is 13.8 Å². The third kappa shape index (κ3) is 1.60. The number of nitrogens with zero attached hydrogens (tertiary/aromatic N) is 1. The standard InChI is InChI=1S/C11H13NO4/c1-4-5-12-8(9(13)10(12)14)7-6-15-11(2,3)16-7/h1,7-8H,5-6H2,2-3H3/t7-,8+/m1/s1. The number of hydrogen-bond acceptors (Lipinski definition) is 4. The average molecular weight is 223 g/mol. The second kappa shape index (κ2) is 3.58. The Morgan fingerprint density at radius 1 is 1.56 bits per heavy atom. The molecule has 0 spiro atoms. The van der Waals surface area contributed by atoms with Crippen molar-refractivity contribution in [3.8, 4) is 12.3 Å². The molecule has 86 valence electrons. The third-order valence-electron chi connectivity index (χ3n) is 2.72. The normalized spacial score (nSPS) is 32.4. The summed E-state index contributed by atoms with van der Waals surface area (Å²) in [4.78, 5) is 24.1. The number of carbonyl (C=O) groups excluding carboxylic acids is 2. The van der Waals surface area contributed by atoms with Gasteiger partial charge >= 0.3 is 0 Å². The first-order valence-electron chi connectivity index (χ1n) is 5.06. The lowest BCUT2D eigenvalue weighted by atomic mass is 9.95. The van der Waals surface area contributed by atoms with Gasteiger partial charge in [0.05, 0.1) is 13.2 Å². The lowest BCUT2D eigenvalue weighted by molar-refractivity contribution is -0.174. The van der Waals surface area contributed by atoms with E-state index in [1.807, 2.05) is 0 Å². The molecule has 2 aliphatic rings. The Bertz CT molecular complexity index is 382. The summed E-state index contributed by atoms with van der Waals surface area (Å²) in [6.07, 6.45) is 4.72. The summed E-state index contributed by atoms with van der Waals surface area (Å²) < 4.78 is 10.9. The van der Waals surface area contributed by atoms with E-state index in [1.165, 1.54) is 4.90 Å². The van der Waals surface area contributed by atoms with Gasteiger partial charge in [-0.2, -0.15) is 0 Å². The lowest BCUT2D eigenvalue weighted by Crippen LogP contribution is -2.67. The topological polar surface area (TPSA) is 55.8 Å². The minimum atomic E-state index is -0.703. The Hall–Kier alpha value is -1.38. The van der Waals surface area contributed by atoms with Crippen LogP contribution in [0.5, 0.6) is 0 Å². The molecule has 2 fully saturated rings. The van der Waals surface area contributed by atoms with Crippen LogP contribution in [0, 0.1) is 12.3 Å². The molecule has 0 N–H and O–H groups in total. The van der Waals surface area contributed by atoms with E-state index in [2.05, 4.69) is 5.92 Å². The number of hydrogen-bond donors (Lipinski definition) is 0. The van der Waals surface area contributed by atoms with Crippen LogP contribution in [0.2, 0.25) is 0 Å². The first-order chi connectivity index (χ1) is 7.46. The van der Waals surface area contributed by atoms with Gasteiger partial charge in [0.25, 0.3) is 5.91 Å². The third-order valence-corrected chi connectivity index (χ3v) is 2.72. The lowest BCUT2D eigenvalue weighted by Gasteiger charge is -2.39. The maximum Gasteiger partial charge on any atom is 0.293 e. The summed E-state index contributed by atoms with van der Waals surface area (Å²) in [5, 5.41) is 0. The van der Waals surface area contributed by atoms with Gasteiger partial charge in [-0.05, 0) is 13.8 Å². The van der Waals surface area contributed by atoms with Crippen molar-refractivity contribution < 1.29 is 19.1 Å². The number of likely N-dealkylation sites (tertiary alicyclic amines) is 1. The molecule has 0 saturated carbocycles. The Morgan fingerprint density at radius 2 is 2.25 bits per heavy atom. The number of ketones is 1. The quantitative estimate of drug-likeness (QED) is 0.361. The summed E-state index contributed by atoms with van der Waals surface area (Å²) in [6.45, 7) is 3.97. The highest BCUT2D eigenvalue weighted by Gasteiger charge is 2.53. The highest BCUT2D eigenvalue weighted by atomic mass is 16.7. The van der Waals surface area contributed by atoms with Crippen molar-refractivity contribution in [2.24, 2.45) is 0 Å². The molecule has 0 radical (unpaired) electrons. The van der Waals surface area contributed by atoms with Gasteiger partial charge in [0.15, 0.2) is 5.79 Å². The van der Waals surface area contributed by atoms with Crippen LogP contribution >= 0.6 is 0 Å². The zero-order valence-electron chi connectivity index (χ0n) is 9.23. The fourth-order valence-electron chi connectivity index (χ4n) is 1.98. The minimum Gasteiger partial charge on any atom is -0.348 e. The molecule has 0 bridgehead atoms. The van der Waals surface area contributed by atoms with E-state index in [-0.39, 0.29) is 6.54 Å². The van der Waals surface area contributed by atoms with Gasteiger partial charge in [-0.3, -0.25) is 9.59 Å². The summed E-state index contributed by atoms with van der Waals surface area (Å²) in [5.74, 6) is 0.674. The first-order valence-corrected chi connectivity index (χ1v) is 5.06. The molecular formula is C11H13NO4. The Balaban J connectivity index is 2.08. The predicted molar refractivity (Wildman–Crippen MR) is 54.2 cm³/mol. The van der Waals surface area contributed by atoms with Gasteiger partial charge < -0.3 is 14.4 Å². The predicted octanol–water partition coefficient (Wildman–Crippen LogP) is -0.449. The fourth-order valence-corrected chi connectivity index (χ4v) is 1.98. The number of β-lactam (4-membered cyclic amide) rings is 1. The molecule has 2 rings (SSSR count). The van der Waals surface area contributed by atoms with E-state index in [0.717, 1.165) is 0 Å². The number of Topliss-reactive ketones (excluding diaryl/α,β-unsaturated/α-hetero) is 1. The molecule has 5 nitrogen and oxygen atoms in total. The first kappa shape index (κ1) is 11.1. The van der Waals surface area contributed by atoms with Crippen molar-refractivity contribution in [1.82, 2.24) is 4.90 Å². The van der Waals surface area contributed by atoms with Crippen molar-refractivity contribution in [3.63, 3.8) is 0 Å². The molecule has 0 aliphatic carbocycles. The van der Waals surface area contributed by atoms with E-state index in [0.29, 0.717) is 6.61 Å². The van der Waals surface area contributed by atoms with E-state index < -0.39 is 29.6 Å². The van der Waals surface area contributed by atoms with Crippen LogP contribution in [-0.2, 0) is 19.1 Å². The summed E-state index contributed by atoms with van der Waals surface area (Å²) in [5.41, 5.74) is 0. The second-order valence-corrected chi connectivity index (χ2v) is 4.31. The summed E-state index contributed by atoms with van der Waals surface area (Å²) >= 11 is 0. The molecule has 0 aromatic rings.